The molecule has 6 heteroatoms. The number of carbonyl (C=O) groups excluding carboxylic acids is 1. The molecule has 2 amide bonds. The Morgan fingerprint density at radius 3 is 2.32 bits per heavy atom. The van der Waals surface area contributed by atoms with E-state index in [0.29, 0.717) is 18.8 Å². The van der Waals surface area contributed by atoms with Gasteiger partial charge in [0.15, 0.2) is 5.84 Å². The first-order valence-corrected chi connectivity index (χ1v) is 6.77. The molecule has 0 radical (unpaired) electrons. The van der Waals surface area contributed by atoms with Crippen molar-refractivity contribution in [1.29, 1.82) is 0 Å². The molecular weight excluding hydrogens is 244 g/mol. The van der Waals surface area contributed by atoms with Gasteiger partial charge >= 0.3 is 6.03 Å². The van der Waals surface area contributed by atoms with Gasteiger partial charge in [0, 0.05) is 5.54 Å². The lowest BCUT2D eigenvalue weighted by Crippen LogP contribution is -2.62. The van der Waals surface area contributed by atoms with Gasteiger partial charge in [0.05, 0.1) is 0 Å². The number of urea groups is 1. The molecule has 0 aliphatic heterocycles. The van der Waals surface area contributed by atoms with Crippen molar-refractivity contribution < 1.29 is 10.0 Å². The largest absolute Gasteiger partial charge is 0.409 e. The third kappa shape index (κ3) is 4.29. The lowest BCUT2D eigenvalue weighted by Gasteiger charge is -2.39. The lowest BCUT2D eigenvalue weighted by atomic mass is 9.76. The van der Waals surface area contributed by atoms with Crippen molar-refractivity contribution in [3.8, 4) is 0 Å². The van der Waals surface area contributed by atoms with E-state index in [1.807, 2.05) is 20.8 Å². The minimum atomic E-state index is -0.726. The summed E-state index contributed by atoms with van der Waals surface area (Å²) in [6, 6.07) is -0.284. The van der Waals surface area contributed by atoms with Crippen molar-refractivity contribution in [3.63, 3.8) is 0 Å². The molecule has 0 aromatic carbocycles. The number of rotatable bonds is 2. The molecule has 0 heterocycles. The van der Waals surface area contributed by atoms with Gasteiger partial charge in [-0.3, -0.25) is 0 Å². The predicted molar refractivity (Wildman–Crippen MR) is 75.2 cm³/mol. The molecule has 0 aromatic heterocycles. The number of oxime groups is 1. The van der Waals surface area contributed by atoms with Crippen LogP contribution in [0.2, 0.25) is 0 Å². The molecule has 110 valence electrons. The first-order chi connectivity index (χ1) is 8.68. The van der Waals surface area contributed by atoms with Gasteiger partial charge < -0.3 is 21.6 Å². The number of amides is 2. The van der Waals surface area contributed by atoms with Crippen LogP contribution in [0, 0.1) is 5.92 Å². The van der Waals surface area contributed by atoms with Crippen molar-refractivity contribution in [1.82, 2.24) is 10.6 Å². The van der Waals surface area contributed by atoms with Crippen LogP contribution < -0.4 is 16.4 Å². The second-order valence-corrected chi connectivity index (χ2v) is 6.58. The van der Waals surface area contributed by atoms with E-state index >= 15 is 0 Å². The Bertz CT molecular complexity index is 352. The SMILES string of the molecule is CC1CCC(NC(=O)NC(C)(C)C)(/C(N)=N/O)CC1. The van der Waals surface area contributed by atoms with Crippen LogP contribution in [0.5, 0.6) is 0 Å². The summed E-state index contributed by atoms with van der Waals surface area (Å²) in [5.41, 5.74) is 4.75. The highest BCUT2D eigenvalue weighted by molar-refractivity contribution is 5.93. The predicted octanol–water partition coefficient (Wildman–Crippen LogP) is 1.78. The van der Waals surface area contributed by atoms with Crippen LogP contribution in [0.3, 0.4) is 0 Å². The highest BCUT2D eigenvalue weighted by atomic mass is 16.4. The van der Waals surface area contributed by atoms with E-state index in [9.17, 15) is 4.79 Å². The van der Waals surface area contributed by atoms with E-state index < -0.39 is 5.54 Å². The second-order valence-electron chi connectivity index (χ2n) is 6.58. The van der Waals surface area contributed by atoms with Crippen molar-refractivity contribution in [3.05, 3.63) is 0 Å². The Kier molecular flexibility index (Phi) is 4.66. The van der Waals surface area contributed by atoms with E-state index in [-0.39, 0.29) is 17.4 Å². The Balaban J connectivity index is 2.79. The van der Waals surface area contributed by atoms with E-state index in [0.717, 1.165) is 12.8 Å². The smallest absolute Gasteiger partial charge is 0.316 e. The maximum Gasteiger partial charge on any atom is 0.316 e. The number of nitrogens with one attached hydrogen (secondary N) is 2. The van der Waals surface area contributed by atoms with Crippen molar-refractivity contribution in [2.24, 2.45) is 16.8 Å². The maximum atomic E-state index is 12.0. The molecule has 19 heavy (non-hydrogen) atoms. The zero-order chi connectivity index (χ0) is 14.7. The number of carbonyl (C=O) groups is 1. The average Bonchev–Trinajstić information content (AvgIpc) is 2.29. The zero-order valence-corrected chi connectivity index (χ0v) is 12.3. The molecule has 0 spiro atoms. The molecule has 1 saturated carbocycles. The number of nitrogens with two attached hydrogens (primary N) is 1. The molecule has 0 aromatic rings. The lowest BCUT2D eigenvalue weighted by molar-refractivity contribution is 0.205. The fourth-order valence-electron chi connectivity index (χ4n) is 2.38. The molecule has 1 aliphatic rings. The minimum Gasteiger partial charge on any atom is -0.409 e. The standard InChI is InChI=1S/C13H26N4O2/c1-9-5-7-13(8-6-9,10(14)17-19)16-11(18)15-12(2,3)4/h9,19H,5-8H2,1-4H3,(H2,14,17)(H2,15,16,18). The first kappa shape index (κ1) is 15.6. The van der Waals surface area contributed by atoms with Crippen LogP contribution in [-0.4, -0.2) is 28.2 Å². The van der Waals surface area contributed by atoms with Gasteiger partial charge in [0.2, 0.25) is 0 Å². The van der Waals surface area contributed by atoms with E-state index in [1.165, 1.54) is 0 Å². The third-order valence-corrected chi connectivity index (χ3v) is 3.57. The molecule has 0 unspecified atom stereocenters. The minimum absolute atomic E-state index is 0.0865. The molecule has 0 atom stereocenters. The summed E-state index contributed by atoms with van der Waals surface area (Å²) in [7, 11) is 0. The van der Waals surface area contributed by atoms with Crippen LogP contribution >= 0.6 is 0 Å². The zero-order valence-electron chi connectivity index (χ0n) is 12.3. The van der Waals surface area contributed by atoms with Gasteiger partial charge in [0.1, 0.15) is 5.54 Å². The van der Waals surface area contributed by atoms with Crippen LogP contribution in [0.1, 0.15) is 53.4 Å². The van der Waals surface area contributed by atoms with Gasteiger partial charge in [-0.2, -0.15) is 0 Å². The summed E-state index contributed by atoms with van der Waals surface area (Å²) >= 11 is 0. The van der Waals surface area contributed by atoms with Crippen molar-refractivity contribution >= 4 is 11.9 Å². The highest BCUT2D eigenvalue weighted by Gasteiger charge is 2.40. The van der Waals surface area contributed by atoms with Gasteiger partial charge in [-0.1, -0.05) is 12.1 Å². The number of nitrogens with zero attached hydrogens (tertiary/aromatic N) is 1. The molecule has 6 nitrogen and oxygen atoms in total. The normalized spacial score (nSPS) is 28.8. The van der Waals surface area contributed by atoms with Crippen LogP contribution in [0.25, 0.3) is 0 Å². The summed E-state index contributed by atoms with van der Waals surface area (Å²) < 4.78 is 0. The summed E-state index contributed by atoms with van der Waals surface area (Å²) in [5.74, 6) is 0.690. The van der Waals surface area contributed by atoms with Gasteiger partial charge in [-0.25, -0.2) is 4.79 Å². The number of hydrogen-bond acceptors (Lipinski definition) is 3. The molecule has 0 saturated heterocycles. The van der Waals surface area contributed by atoms with Crippen LogP contribution in [0.4, 0.5) is 4.79 Å². The summed E-state index contributed by atoms with van der Waals surface area (Å²) in [5, 5.41) is 17.8. The Labute approximate surface area is 114 Å². The van der Waals surface area contributed by atoms with Gasteiger partial charge in [-0.15, -0.1) is 0 Å². The fraction of sp³-hybridized carbons (Fsp3) is 0.846. The van der Waals surface area contributed by atoms with Gasteiger partial charge in [0.25, 0.3) is 0 Å². The number of amidine groups is 1. The Hall–Kier alpha value is -1.46. The van der Waals surface area contributed by atoms with Crippen molar-refractivity contribution in [2.75, 3.05) is 0 Å². The quantitative estimate of drug-likeness (QED) is 0.266. The molecular formula is C13H26N4O2. The van der Waals surface area contributed by atoms with Crippen molar-refractivity contribution in [2.45, 2.75) is 64.5 Å². The second kappa shape index (κ2) is 5.67. The highest BCUT2D eigenvalue weighted by Crippen LogP contribution is 2.32. The Morgan fingerprint density at radius 2 is 1.89 bits per heavy atom. The summed E-state index contributed by atoms with van der Waals surface area (Å²) in [6.07, 6.45) is 3.29. The molecule has 1 aliphatic carbocycles. The molecule has 1 rings (SSSR count). The maximum absolute atomic E-state index is 12.0. The van der Waals surface area contributed by atoms with Crippen LogP contribution in [-0.2, 0) is 0 Å². The van der Waals surface area contributed by atoms with E-state index in [4.69, 9.17) is 10.9 Å². The monoisotopic (exact) mass is 270 g/mol. The topological polar surface area (TPSA) is 99.7 Å². The first-order valence-electron chi connectivity index (χ1n) is 6.77. The van der Waals surface area contributed by atoms with Crippen LogP contribution in [0.15, 0.2) is 5.16 Å². The number of hydrogen-bond donors (Lipinski definition) is 4. The summed E-state index contributed by atoms with van der Waals surface area (Å²) in [4.78, 5) is 12.0. The third-order valence-electron chi connectivity index (χ3n) is 3.57. The van der Waals surface area contributed by atoms with E-state index in [1.54, 1.807) is 0 Å². The Morgan fingerprint density at radius 1 is 1.37 bits per heavy atom. The molecule has 5 N–H and O–H groups in total. The summed E-state index contributed by atoms with van der Waals surface area (Å²) in [6.45, 7) is 7.90. The average molecular weight is 270 g/mol. The fourth-order valence-corrected chi connectivity index (χ4v) is 2.38. The molecule has 0 bridgehead atoms. The van der Waals surface area contributed by atoms with E-state index in [2.05, 4.69) is 22.7 Å². The molecule has 1 fully saturated rings. The van der Waals surface area contributed by atoms with Gasteiger partial charge in [-0.05, 0) is 52.4 Å².